The second-order valence-corrected chi connectivity index (χ2v) is 5.15. The molecule has 0 aliphatic rings. The molecule has 0 bridgehead atoms. The highest BCUT2D eigenvalue weighted by molar-refractivity contribution is 7.71. The first-order valence-corrected chi connectivity index (χ1v) is 6.87. The molecule has 0 saturated heterocycles. The van der Waals surface area contributed by atoms with E-state index in [2.05, 4.69) is 9.97 Å². The Labute approximate surface area is 128 Å². The van der Waals surface area contributed by atoms with Crippen molar-refractivity contribution in [3.8, 4) is 0 Å². The maximum atomic E-state index is 13.2. The summed E-state index contributed by atoms with van der Waals surface area (Å²) in [6.45, 7) is 2.16. The largest absolute Gasteiger partial charge is 0.417 e. The predicted molar refractivity (Wildman–Crippen MR) is 77.4 cm³/mol. The SMILES string of the molecule is COCCCn1c(=S)[nH]c(=O)c2c(C(F)(F)F)cc(C)nc21. The molecule has 120 valence electrons. The van der Waals surface area contributed by atoms with E-state index in [-0.39, 0.29) is 16.1 Å². The molecule has 0 fully saturated rings. The number of halogens is 3. The van der Waals surface area contributed by atoms with Gasteiger partial charge in [0, 0.05) is 26.0 Å². The first-order chi connectivity index (χ1) is 10.3. The van der Waals surface area contributed by atoms with Crippen molar-refractivity contribution >= 4 is 23.3 Å². The minimum Gasteiger partial charge on any atom is -0.385 e. The van der Waals surface area contributed by atoms with E-state index in [4.69, 9.17) is 17.0 Å². The molecule has 0 saturated carbocycles. The fraction of sp³-hybridized carbons (Fsp3) is 0.462. The predicted octanol–water partition coefficient (Wildman–Crippen LogP) is 2.82. The van der Waals surface area contributed by atoms with Gasteiger partial charge >= 0.3 is 6.18 Å². The lowest BCUT2D eigenvalue weighted by molar-refractivity contribution is -0.136. The van der Waals surface area contributed by atoms with Crippen LogP contribution in [0.3, 0.4) is 0 Å². The fourth-order valence-corrected chi connectivity index (χ4v) is 2.47. The molecule has 0 atom stereocenters. The Morgan fingerprint density at radius 2 is 2.14 bits per heavy atom. The summed E-state index contributed by atoms with van der Waals surface area (Å²) in [5.41, 5.74) is -1.79. The molecule has 0 spiro atoms. The summed E-state index contributed by atoms with van der Waals surface area (Å²) in [6, 6.07) is 0.861. The van der Waals surface area contributed by atoms with Crippen LogP contribution in [0, 0.1) is 11.7 Å². The number of H-pyrrole nitrogens is 1. The minimum absolute atomic E-state index is 0.0415. The van der Waals surface area contributed by atoms with Crippen LogP contribution in [0.5, 0.6) is 0 Å². The summed E-state index contributed by atoms with van der Waals surface area (Å²) in [6.07, 6.45) is -4.12. The lowest BCUT2D eigenvalue weighted by Gasteiger charge is -2.14. The Bertz CT molecular complexity index is 811. The molecular formula is C13H14F3N3O2S. The second kappa shape index (κ2) is 6.17. The van der Waals surface area contributed by atoms with Gasteiger partial charge in [-0.05, 0) is 31.6 Å². The van der Waals surface area contributed by atoms with E-state index >= 15 is 0 Å². The number of aromatic nitrogens is 3. The quantitative estimate of drug-likeness (QED) is 0.690. The van der Waals surface area contributed by atoms with Crippen LogP contribution in [-0.2, 0) is 17.5 Å². The number of aryl methyl sites for hydroxylation is 2. The van der Waals surface area contributed by atoms with E-state index < -0.39 is 22.7 Å². The number of rotatable bonds is 4. The minimum atomic E-state index is -4.65. The zero-order valence-corrected chi connectivity index (χ0v) is 12.8. The molecule has 0 radical (unpaired) electrons. The van der Waals surface area contributed by atoms with Gasteiger partial charge in [-0.15, -0.1) is 0 Å². The van der Waals surface area contributed by atoms with Gasteiger partial charge in [0.15, 0.2) is 4.77 Å². The summed E-state index contributed by atoms with van der Waals surface area (Å²) in [5, 5.41) is -0.496. The second-order valence-electron chi connectivity index (χ2n) is 4.76. The first-order valence-electron chi connectivity index (χ1n) is 6.46. The molecule has 2 heterocycles. The maximum absolute atomic E-state index is 13.2. The highest BCUT2D eigenvalue weighted by atomic mass is 32.1. The van der Waals surface area contributed by atoms with Crippen molar-refractivity contribution < 1.29 is 17.9 Å². The molecule has 5 nitrogen and oxygen atoms in total. The third kappa shape index (κ3) is 3.20. The van der Waals surface area contributed by atoms with Crippen LogP contribution < -0.4 is 5.56 Å². The first kappa shape index (κ1) is 16.6. The van der Waals surface area contributed by atoms with Gasteiger partial charge in [-0.1, -0.05) is 0 Å². The van der Waals surface area contributed by atoms with Gasteiger partial charge in [-0.2, -0.15) is 13.2 Å². The van der Waals surface area contributed by atoms with E-state index in [0.29, 0.717) is 19.6 Å². The highest BCUT2D eigenvalue weighted by Gasteiger charge is 2.35. The van der Waals surface area contributed by atoms with Crippen LogP contribution in [0.25, 0.3) is 11.0 Å². The van der Waals surface area contributed by atoms with Crippen LogP contribution in [0.15, 0.2) is 10.9 Å². The van der Waals surface area contributed by atoms with Crippen molar-refractivity contribution in [1.29, 1.82) is 0 Å². The van der Waals surface area contributed by atoms with Gasteiger partial charge in [0.25, 0.3) is 5.56 Å². The summed E-state index contributed by atoms with van der Waals surface area (Å²) in [5.74, 6) is 0. The van der Waals surface area contributed by atoms with Crippen molar-refractivity contribution in [3.05, 3.63) is 32.4 Å². The average Bonchev–Trinajstić information content (AvgIpc) is 2.40. The highest BCUT2D eigenvalue weighted by Crippen LogP contribution is 2.33. The van der Waals surface area contributed by atoms with Gasteiger partial charge < -0.3 is 9.30 Å². The van der Waals surface area contributed by atoms with Crippen LogP contribution in [-0.4, -0.2) is 28.3 Å². The number of hydrogen-bond acceptors (Lipinski definition) is 4. The van der Waals surface area contributed by atoms with Gasteiger partial charge in [0.1, 0.15) is 5.65 Å². The zero-order chi connectivity index (χ0) is 16.5. The molecule has 2 aromatic rings. The molecule has 0 aliphatic heterocycles. The molecule has 1 N–H and O–H groups in total. The zero-order valence-electron chi connectivity index (χ0n) is 12.0. The third-order valence-corrected chi connectivity index (χ3v) is 3.43. The van der Waals surface area contributed by atoms with Gasteiger partial charge in [0.2, 0.25) is 0 Å². The van der Waals surface area contributed by atoms with Gasteiger partial charge in [-0.3, -0.25) is 9.78 Å². The Morgan fingerprint density at radius 3 is 2.73 bits per heavy atom. The summed E-state index contributed by atoms with van der Waals surface area (Å²) in [7, 11) is 1.52. The lowest BCUT2D eigenvalue weighted by Crippen LogP contribution is -2.21. The van der Waals surface area contributed by atoms with Crippen molar-refractivity contribution in [2.24, 2.45) is 0 Å². The average molecular weight is 333 g/mol. The molecule has 0 amide bonds. The number of nitrogens with one attached hydrogen (secondary N) is 1. The number of nitrogens with zero attached hydrogens (tertiary/aromatic N) is 2. The van der Waals surface area contributed by atoms with E-state index in [1.807, 2.05) is 0 Å². The summed E-state index contributed by atoms with van der Waals surface area (Å²) in [4.78, 5) is 18.3. The topological polar surface area (TPSA) is 59.9 Å². The van der Waals surface area contributed by atoms with Gasteiger partial charge in [-0.25, -0.2) is 4.98 Å². The molecule has 9 heteroatoms. The molecule has 2 aromatic heterocycles. The van der Waals surface area contributed by atoms with Crippen LogP contribution >= 0.6 is 12.2 Å². The number of methoxy groups -OCH3 is 1. The van der Waals surface area contributed by atoms with E-state index in [9.17, 15) is 18.0 Å². The number of alkyl halides is 3. The molecule has 0 aromatic carbocycles. The molecule has 22 heavy (non-hydrogen) atoms. The number of ether oxygens (including phenoxy) is 1. The van der Waals surface area contributed by atoms with Crippen molar-refractivity contribution in [1.82, 2.24) is 14.5 Å². The van der Waals surface area contributed by atoms with Crippen LogP contribution in [0.1, 0.15) is 17.7 Å². The lowest BCUT2D eigenvalue weighted by atomic mass is 10.1. The van der Waals surface area contributed by atoms with Crippen molar-refractivity contribution in [2.45, 2.75) is 26.1 Å². The normalized spacial score (nSPS) is 12.0. The van der Waals surface area contributed by atoms with Crippen molar-refractivity contribution in [2.75, 3.05) is 13.7 Å². The van der Waals surface area contributed by atoms with E-state index in [0.717, 1.165) is 6.07 Å². The fourth-order valence-electron chi connectivity index (χ4n) is 2.20. The summed E-state index contributed by atoms with van der Waals surface area (Å²) >= 11 is 5.04. The van der Waals surface area contributed by atoms with Crippen molar-refractivity contribution in [3.63, 3.8) is 0 Å². The number of aromatic amines is 1. The Hall–Kier alpha value is -1.74. The maximum Gasteiger partial charge on any atom is 0.417 e. The van der Waals surface area contributed by atoms with Crippen LogP contribution in [0.2, 0.25) is 0 Å². The standard InChI is InChI=1S/C13H14F3N3O2S/c1-7-6-8(13(14,15)16)9-10(17-7)19(4-3-5-21-2)12(22)18-11(9)20/h6H,3-5H2,1-2H3,(H,18,20,22). The molecule has 2 rings (SSSR count). The monoisotopic (exact) mass is 333 g/mol. The molecular weight excluding hydrogens is 319 g/mol. The van der Waals surface area contributed by atoms with E-state index in [1.165, 1.54) is 18.6 Å². The Balaban J connectivity index is 2.80. The Morgan fingerprint density at radius 1 is 1.45 bits per heavy atom. The molecule has 0 aliphatic carbocycles. The van der Waals surface area contributed by atoms with Crippen LogP contribution in [0.4, 0.5) is 13.2 Å². The third-order valence-electron chi connectivity index (χ3n) is 3.11. The number of pyridine rings is 1. The molecule has 0 unspecified atom stereocenters. The summed E-state index contributed by atoms with van der Waals surface area (Å²) < 4.78 is 45.9. The number of hydrogen-bond donors (Lipinski definition) is 1. The van der Waals surface area contributed by atoms with E-state index in [1.54, 1.807) is 0 Å². The Kier molecular flexibility index (Phi) is 4.66. The number of fused-ring (bicyclic) bond motifs is 1. The smallest absolute Gasteiger partial charge is 0.385 e. The van der Waals surface area contributed by atoms with Gasteiger partial charge in [0.05, 0.1) is 10.9 Å².